The third kappa shape index (κ3) is 3.45. The predicted molar refractivity (Wildman–Crippen MR) is 127 cm³/mol. The lowest BCUT2D eigenvalue weighted by Gasteiger charge is -2.21. The molecular formula is C26H21ClN2O3. The summed E-state index contributed by atoms with van der Waals surface area (Å²) in [5, 5.41) is 0.600. The number of anilines is 1. The first kappa shape index (κ1) is 20.3. The maximum absolute atomic E-state index is 13.6. The highest BCUT2D eigenvalue weighted by Crippen LogP contribution is 2.36. The van der Waals surface area contributed by atoms with E-state index in [-0.39, 0.29) is 12.7 Å². The summed E-state index contributed by atoms with van der Waals surface area (Å²) in [7, 11) is 0. The number of benzene rings is 3. The molecule has 2 aliphatic heterocycles. The zero-order valence-electron chi connectivity index (χ0n) is 18.0. The van der Waals surface area contributed by atoms with Gasteiger partial charge in [0.1, 0.15) is 11.5 Å². The molecule has 3 aromatic rings. The van der Waals surface area contributed by atoms with Crippen LogP contribution in [-0.4, -0.2) is 18.5 Å². The van der Waals surface area contributed by atoms with Gasteiger partial charge < -0.3 is 9.47 Å². The Morgan fingerprint density at radius 1 is 0.969 bits per heavy atom. The molecule has 32 heavy (non-hydrogen) atoms. The van der Waals surface area contributed by atoms with Gasteiger partial charge in [-0.2, -0.15) is 0 Å². The normalized spacial score (nSPS) is 16.1. The number of fused-ring (bicyclic) bond motifs is 1. The van der Waals surface area contributed by atoms with Gasteiger partial charge in [0.15, 0.2) is 11.5 Å². The minimum absolute atomic E-state index is 0.200. The van der Waals surface area contributed by atoms with E-state index in [1.807, 2.05) is 55.5 Å². The van der Waals surface area contributed by atoms with Crippen molar-refractivity contribution >= 4 is 35.1 Å². The number of halogens is 1. The largest absolute Gasteiger partial charge is 0.454 e. The second kappa shape index (κ2) is 7.84. The number of hydrogen-bond donors (Lipinski definition) is 0. The van der Waals surface area contributed by atoms with Gasteiger partial charge in [-0.25, -0.2) is 4.99 Å². The minimum atomic E-state index is -0.207. The molecule has 0 saturated heterocycles. The van der Waals surface area contributed by atoms with Crippen LogP contribution in [0.3, 0.4) is 0 Å². The van der Waals surface area contributed by atoms with Crippen LogP contribution >= 0.6 is 11.6 Å². The zero-order valence-corrected chi connectivity index (χ0v) is 18.7. The minimum Gasteiger partial charge on any atom is -0.454 e. The van der Waals surface area contributed by atoms with E-state index in [9.17, 15) is 4.79 Å². The highest BCUT2D eigenvalue weighted by molar-refractivity contribution is 6.35. The molecular weight excluding hydrogens is 424 g/mol. The van der Waals surface area contributed by atoms with Crippen LogP contribution in [0.2, 0.25) is 5.02 Å². The number of aryl methyl sites for hydroxylation is 2. The van der Waals surface area contributed by atoms with Gasteiger partial charge in [0.2, 0.25) is 6.79 Å². The predicted octanol–water partition coefficient (Wildman–Crippen LogP) is 5.83. The highest BCUT2D eigenvalue weighted by atomic mass is 35.5. The van der Waals surface area contributed by atoms with E-state index < -0.39 is 0 Å². The van der Waals surface area contributed by atoms with Gasteiger partial charge in [0, 0.05) is 10.6 Å². The van der Waals surface area contributed by atoms with E-state index in [1.54, 1.807) is 11.0 Å². The van der Waals surface area contributed by atoms with E-state index >= 15 is 0 Å². The lowest BCUT2D eigenvalue weighted by Crippen LogP contribution is -2.33. The first-order chi connectivity index (χ1) is 15.4. The lowest BCUT2D eigenvalue weighted by molar-refractivity contribution is -0.113. The van der Waals surface area contributed by atoms with Crippen molar-refractivity contribution in [3.8, 4) is 11.5 Å². The summed E-state index contributed by atoms with van der Waals surface area (Å²) in [5.74, 6) is 1.72. The third-order valence-corrected chi connectivity index (χ3v) is 6.21. The molecule has 5 rings (SSSR count). The Morgan fingerprint density at radius 2 is 1.78 bits per heavy atom. The van der Waals surface area contributed by atoms with Crippen LogP contribution in [0.5, 0.6) is 11.5 Å². The first-order valence-corrected chi connectivity index (χ1v) is 10.7. The topological polar surface area (TPSA) is 51.1 Å². The van der Waals surface area contributed by atoms with Crippen molar-refractivity contribution in [1.82, 2.24) is 0 Å². The molecule has 3 aromatic carbocycles. The van der Waals surface area contributed by atoms with Crippen molar-refractivity contribution in [2.45, 2.75) is 20.8 Å². The van der Waals surface area contributed by atoms with Gasteiger partial charge in [0.25, 0.3) is 5.91 Å². The number of ether oxygens (including phenoxy) is 2. The van der Waals surface area contributed by atoms with Gasteiger partial charge in [-0.3, -0.25) is 9.69 Å². The smallest absolute Gasteiger partial charge is 0.282 e. The molecule has 0 N–H and O–H groups in total. The molecule has 0 aliphatic carbocycles. The molecule has 0 atom stereocenters. The molecule has 6 heteroatoms. The van der Waals surface area contributed by atoms with Gasteiger partial charge in [-0.15, -0.1) is 0 Å². The van der Waals surface area contributed by atoms with Crippen LogP contribution in [0.4, 0.5) is 5.69 Å². The summed E-state index contributed by atoms with van der Waals surface area (Å²) in [4.78, 5) is 20.0. The zero-order chi connectivity index (χ0) is 22.4. The molecule has 0 spiro atoms. The lowest BCUT2D eigenvalue weighted by atomic mass is 10.0. The van der Waals surface area contributed by atoms with Crippen molar-refractivity contribution in [3.05, 3.63) is 93.1 Å². The quantitative estimate of drug-likeness (QED) is 0.477. The molecule has 0 aromatic heterocycles. The van der Waals surface area contributed by atoms with E-state index in [2.05, 4.69) is 19.9 Å². The monoisotopic (exact) mass is 444 g/mol. The Balaban J connectivity index is 1.64. The Kier molecular flexibility index (Phi) is 4.98. The van der Waals surface area contributed by atoms with Crippen LogP contribution in [0.1, 0.15) is 27.8 Å². The van der Waals surface area contributed by atoms with Crippen molar-refractivity contribution < 1.29 is 14.3 Å². The number of amides is 1. The van der Waals surface area contributed by atoms with Crippen LogP contribution in [0.15, 0.2) is 65.3 Å². The van der Waals surface area contributed by atoms with Crippen LogP contribution in [0.25, 0.3) is 6.08 Å². The summed E-state index contributed by atoms with van der Waals surface area (Å²) < 4.78 is 10.8. The van der Waals surface area contributed by atoms with Gasteiger partial charge in [0.05, 0.1) is 5.69 Å². The number of amidine groups is 1. The fourth-order valence-electron chi connectivity index (χ4n) is 3.81. The average Bonchev–Trinajstić information content (AvgIpc) is 3.37. The molecule has 5 nitrogen and oxygen atoms in total. The Labute approximate surface area is 191 Å². The van der Waals surface area contributed by atoms with Crippen molar-refractivity contribution in [3.63, 3.8) is 0 Å². The number of rotatable bonds is 3. The van der Waals surface area contributed by atoms with Gasteiger partial charge in [-0.1, -0.05) is 35.9 Å². The molecule has 0 bridgehead atoms. The summed E-state index contributed by atoms with van der Waals surface area (Å²) >= 11 is 6.38. The fourth-order valence-corrected chi connectivity index (χ4v) is 3.98. The summed E-state index contributed by atoms with van der Waals surface area (Å²) in [6, 6.07) is 17.2. The number of carbonyl (C=O) groups is 1. The Hall–Kier alpha value is -3.57. The summed E-state index contributed by atoms with van der Waals surface area (Å²) in [5.41, 5.74) is 5.88. The fraction of sp³-hybridized carbons (Fsp3) is 0.154. The highest BCUT2D eigenvalue weighted by Gasteiger charge is 2.34. The van der Waals surface area contributed by atoms with Gasteiger partial charge in [-0.05, 0) is 79.4 Å². The number of carbonyl (C=O) groups excluding carboxylic acids is 1. The molecule has 160 valence electrons. The standard InChI is InChI=1S/C26H21ClN2O3/c1-15-7-9-19(11-16(15)2)25-28-21(12-18-8-10-23-24(13-18)32-14-31-23)26(30)29(25)22-6-4-5-20(27)17(22)3/h4-13H,14H2,1-3H3/b21-12-. The average molecular weight is 445 g/mol. The number of hydrogen-bond acceptors (Lipinski definition) is 4. The summed E-state index contributed by atoms with van der Waals surface area (Å²) in [6.45, 7) is 6.22. The molecule has 1 amide bonds. The van der Waals surface area contributed by atoms with Crippen LogP contribution in [-0.2, 0) is 4.79 Å². The van der Waals surface area contributed by atoms with Crippen LogP contribution in [0, 0.1) is 20.8 Å². The molecule has 0 radical (unpaired) electrons. The Bertz CT molecular complexity index is 1330. The van der Waals surface area contributed by atoms with Crippen LogP contribution < -0.4 is 14.4 Å². The number of aliphatic imine (C=N–C) groups is 1. The van der Waals surface area contributed by atoms with E-state index in [4.69, 9.17) is 26.1 Å². The molecule has 2 aliphatic rings. The molecule has 2 heterocycles. The van der Waals surface area contributed by atoms with E-state index in [1.165, 1.54) is 5.56 Å². The van der Waals surface area contributed by atoms with Gasteiger partial charge >= 0.3 is 0 Å². The maximum Gasteiger partial charge on any atom is 0.282 e. The van der Waals surface area contributed by atoms with E-state index in [0.717, 1.165) is 22.3 Å². The maximum atomic E-state index is 13.6. The van der Waals surface area contributed by atoms with E-state index in [0.29, 0.717) is 33.7 Å². The molecule has 0 unspecified atom stereocenters. The molecule has 0 fully saturated rings. The number of nitrogens with zero attached hydrogens (tertiary/aromatic N) is 2. The van der Waals surface area contributed by atoms with Crippen molar-refractivity contribution in [1.29, 1.82) is 0 Å². The SMILES string of the molecule is Cc1ccc(C2=N/C(=C\c3ccc4c(c3)OCO4)C(=O)N2c2cccc(Cl)c2C)cc1C. The Morgan fingerprint density at radius 3 is 2.59 bits per heavy atom. The second-order valence-electron chi connectivity index (χ2n) is 7.90. The second-order valence-corrected chi connectivity index (χ2v) is 8.31. The molecule has 0 saturated carbocycles. The summed E-state index contributed by atoms with van der Waals surface area (Å²) in [6.07, 6.45) is 1.77. The van der Waals surface area contributed by atoms with Crippen molar-refractivity contribution in [2.24, 2.45) is 4.99 Å². The first-order valence-electron chi connectivity index (χ1n) is 10.3. The third-order valence-electron chi connectivity index (χ3n) is 5.81. The van der Waals surface area contributed by atoms with Crippen molar-refractivity contribution in [2.75, 3.05) is 11.7 Å².